The van der Waals surface area contributed by atoms with Gasteiger partial charge in [0.25, 0.3) is 11.5 Å². The molecule has 0 saturated heterocycles. The van der Waals surface area contributed by atoms with E-state index in [-0.39, 0.29) is 17.4 Å². The number of carbonyl (C=O) groups is 2. The van der Waals surface area contributed by atoms with Gasteiger partial charge in [-0.25, -0.2) is 0 Å². The molecule has 0 atom stereocenters. The lowest BCUT2D eigenvalue weighted by molar-refractivity contribution is -0.140. The summed E-state index contributed by atoms with van der Waals surface area (Å²) in [7, 11) is 1.35. The second kappa shape index (κ2) is 7.98. The Balaban J connectivity index is 2.26. The van der Waals surface area contributed by atoms with Crippen molar-refractivity contribution in [2.45, 2.75) is 25.7 Å². The molecule has 3 N–H and O–H groups in total. The molecule has 110 valence electrons. The zero-order valence-corrected chi connectivity index (χ0v) is 11.3. The van der Waals surface area contributed by atoms with Crippen LogP contribution in [0.25, 0.3) is 0 Å². The fourth-order valence-electron chi connectivity index (χ4n) is 1.64. The molecule has 0 spiro atoms. The van der Waals surface area contributed by atoms with Gasteiger partial charge in [0.2, 0.25) is 0 Å². The standard InChI is InChI=1S/C13H18N2O5/c1-20-12(18)5-3-2-4-6-14-13(19)9-7-10(16)15-11(17)8-9/h7-8H,2-6H2,1H3,(H,14,19)(H2,15,16,17). The number of amides is 1. The van der Waals surface area contributed by atoms with Crippen molar-refractivity contribution in [2.75, 3.05) is 13.7 Å². The zero-order valence-electron chi connectivity index (χ0n) is 11.3. The summed E-state index contributed by atoms with van der Waals surface area (Å²) >= 11 is 0. The minimum absolute atomic E-state index is 0.112. The molecule has 7 nitrogen and oxygen atoms in total. The predicted octanol–water partition coefficient (Wildman–Crippen LogP) is 0.544. The lowest BCUT2D eigenvalue weighted by Crippen LogP contribution is -2.25. The normalized spacial score (nSPS) is 10.1. The summed E-state index contributed by atoms with van der Waals surface area (Å²) in [5.74, 6) is -1.01. The van der Waals surface area contributed by atoms with Gasteiger partial charge in [-0.1, -0.05) is 6.42 Å². The van der Waals surface area contributed by atoms with Gasteiger partial charge in [0.1, 0.15) is 0 Å². The van der Waals surface area contributed by atoms with Crippen LogP contribution in [0.3, 0.4) is 0 Å². The molecule has 0 unspecified atom stereocenters. The van der Waals surface area contributed by atoms with E-state index in [1.807, 2.05) is 0 Å². The van der Waals surface area contributed by atoms with E-state index in [4.69, 9.17) is 0 Å². The van der Waals surface area contributed by atoms with E-state index in [0.29, 0.717) is 19.4 Å². The monoisotopic (exact) mass is 282 g/mol. The van der Waals surface area contributed by atoms with Crippen molar-refractivity contribution >= 4 is 11.9 Å². The summed E-state index contributed by atoms with van der Waals surface area (Å²) < 4.78 is 4.51. The Morgan fingerprint density at radius 3 is 2.70 bits per heavy atom. The number of aromatic amines is 1. The number of aromatic nitrogens is 1. The Kier molecular flexibility index (Phi) is 6.28. The van der Waals surface area contributed by atoms with Crippen molar-refractivity contribution < 1.29 is 19.4 Å². The number of ether oxygens (including phenoxy) is 1. The van der Waals surface area contributed by atoms with Crippen LogP contribution in [0.4, 0.5) is 0 Å². The van der Waals surface area contributed by atoms with Crippen LogP contribution in [0.5, 0.6) is 5.88 Å². The predicted molar refractivity (Wildman–Crippen MR) is 71.5 cm³/mol. The first kappa shape index (κ1) is 15.7. The number of aromatic hydroxyl groups is 1. The quantitative estimate of drug-likeness (QED) is 0.499. The first-order valence-electron chi connectivity index (χ1n) is 6.31. The molecule has 7 heteroatoms. The number of hydrogen-bond donors (Lipinski definition) is 3. The van der Waals surface area contributed by atoms with Crippen molar-refractivity contribution in [3.05, 3.63) is 28.0 Å². The van der Waals surface area contributed by atoms with Crippen LogP contribution in [0.1, 0.15) is 36.0 Å². The van der Waals surface area contributed by atoms with Crippen molar-refractivity contribution in [1.29, 1.82) is 0 Å². The van der Waals surface area contributed by atoms with Crippen molar-refractivity contribution in [2.24, 2.45) is 0 Å². The highest BCUT2D eigenvalue weighted by molar-refractivity contribution is 5.94. The van der Waals surface area contributed by atoms with Crippen LogP contribution in [0, 0.1) is 0 Å². The number of methoxy groups -OCH3 is 1. The summed E-state index contributed by atoms with van der Waals surface area (Å²) in [4.78, 5) is 35.8. The number of esters is 1. The average molecular weight is 282 g/mol. The van der Waals surface area contributed by atoms with Gasteiger partial charge in [-0.05, 0) is 12.8 Å². The largest absolute Gasteiger partial charge is 0.494 e. The van der Waals surface area contributed by atoms with Gasteiger partial charge in [0, 0.05) is 25.1 Å². The topological polar surface area (TPSA) is 108 Å². The van der Waals surface area contributed by atoms with E-state index in [1.165, 1.54) is 13.2 Å². The first-order chi connectivity index (χ1) is 9.52. The second-order valence-electron chi connectivity index (χ2n) is 4.26. The highest BCUT2D eigenvalue weighted by Crippen LogP contribution is 2.04. The Morgan fingerprint density at radius 1 is 1.30 bits per heavy atom. The molecule has 0 aliphatic rings. The molecule has 1 aromatic rings. The third-order valence-corrected chi connectivity index (χ3v) is 2.66. The van der Waals surface area contributed by atoms with Gasteiger partial charge in [0.05, 0.1) is 12.7 Å². The van der Waals surface area contributed by atoms with Gasteiger partial charge in [-0.3, -0.25) is 19.4 Å². The number of unbranched alkanes of at least 4 members (excludes halogenated alkanes) is 2. The maximum atomic E-state index is 11.7. The lowest BCUT2D eigenvalue weighted by atomic mass is 10.2. The fourth-order valence-corrected chi connectivity index (χ4v) is 1.64. The summed E-state index contributed by atoms with van der Waals surface area (Å²) in [6.07, 6.45) is 2.58. The highest BCUT2D eigenvalue weighted by Gasteiger charge is 2.07. The minimum atomic E-state index is -0.534. The molecule has 0 aliphatic heterocycles. The molecule has 0 saturated carbocycles. The second-order valence-corrected chi connectivity index (χ2v) is 4.26. The number of nitrogens with one attached hydrogen (secondary N) is 2. The van der Waals surface area contributed by atoms with E-state index in [0.717, 1.165) is 18.9 Å². The third kappa shape index (κ3) is 5.55. The SMILES string of the molecule is COC(=O)CCCCCNC(=O)c1cc(O)[nH]c(=O)c1. The molecule has 1 heterocycles. The van der Waals surface area contributed by atoms with Crippen LogP contribution >= 0.6 is 0 Å². The molecule has 0 aromatic carbocycles. The molecule has 1 aromatic heterocycles. The minimum Gasteiger partial charge on any atom is -0.494 e. The van der Waals surface area contributed by atoms with E-state index in [2.05, 4.69) is 15.0 Å². The first-order valence-corrected chi connectivity index (χ1v) is 6.31. The molecule has 1 amide bonds. The smallest absolute Gasteiger partial charge is 0.305 e. The third-order valence-electron chi connectivity index (χ3n) is 2.66. The Morgan fingerprint density at radius 2 is 2.05 bits per heavy atom. The fraction of sp³-hybridized carbons (Fsp3) is 0.462. The number of pyridine rings is 1. The molecule has 0 bridgehead atoms. The van der Waals surface area contributed by atoms with Crippen LogP contribution in [-0.2, 0) is 9.53 Å². The number of H-pyrrole nitrogens is 1. The number of rotatable bonds is 7. The summed E-state index contributed by atoms with van der Waals surface area (Å²) in [6.45, 7) is 0.438. The molecule has 0 radical (unpaired) electrons. The maximum absolute atomic E-state index is 11.7. The zero-order chi connectivity index (χ0) is 15.0. The molecule has 0 aliphatic carbocycles. The van der Waals surface area contributed by atoms with Gasteiger partial charge in [0.15, 0.2) is 5.88 Å². The van der Waals surface area contributed by atoms with Crippen molar-refractivity contribution in [3.63, 3.8) is 0 Å². The van der Waals surface area contributed by atoms with Gasteiger partial charge >= 0.3 is 5.97 Å². The lowest BCUT2D eigenvalue weighted by Gasteiger charge is -2.05. The highest BCUT2D eigenvalue weighted by atomic mass is 16.5. The van der Waals surface area contributed by atoms with Crippen LogP contribution in [0.15, 0.2) is 16.9 Å². The molecular formula is C13H18N2O5. The average Bonchev–Trinajstić information content (AvgIpc) is 2.40. The van der Waals surface area contributed by atoms with Gasteiger partial charge < -0.3 is 15.2 Å². The van der Waals surface area contributed by atoms with E-state index in [9.17, 15) is 19.5 Å². The maximum Gasteiger partial charge on any atom is 0.305 e. The Bertz CT molecular complexity index is 524. The van der Waals surface area contributed by atoms with Crippen LogP contribution in [0.2, 0.25) is 0 Å². The van der Waals surface area contributed by atoms with E-state index in [1.54, 1.807) is 0 Å². The molecule has 1 rings (SSSR count). The van der Waals surface area contributed by atoms with Crippen molar-refractivity contribution in [1.82, 2.24) is 10.3 Å². The van der Waals surface area contributed by atoms with E-state index >= 15 is 0 Å². The van der Waals surface area contributed by atoms with E-state index < -0.39 is 11.5 Å². The number of carbonyl (C=O) groups excluding carboxylic acids is 2. The Hall–Kier alpha value is -2.31. The number of hydrogen-bond acceptors (Lipinski definition) is 5. The van der Waals surface area contributed by atoms with Crippen LogP contribution in [-0.4, -0.2) is 35.6 Å². The van der Waals surface area contributed by atoms with Crippen molar-refractivity contribution in [3.8, 4) is 5.88 Å². The van der Waals surface area contributed by atoms with Gasteiger partial charge in [-0.2, -0.15) is 0 Å². The Labute approximate surface area is 116 Å². The molecule has 20 heavy (non-hydrogen) atoms. The summed E-state index contributed by atoms with van der Waals surface area (Å²) in [5, 5.41) is 11.8. The summed E-state index contributed by atoms with van der Waals surface area (Å²) in [6, 6.07) is 2.31. The van der Waals surface area contributed by atoms with Gasteiger partial charge in [-0.15, -0.1) is 0 Å². The molecule has 0 fully saturated rings. The molecular weight excluding hydrogens is 264 g/mol. The van der Waals surface area contributed by atoms with Crippen LogP contribution < -0.4 is 10.9 Å². The summed E-state index contributed by atoms with van der Waals surface area (Å²) in [5.41, 5.74) is -0.422.